The zero-order valence-electron chi connectivity index (χ0n) is 29.4. The van der Waals surface area contributed by atoms with E-state index < -0.39 is 0 Å². The van der Waals surface area contributed by atoms with Crippen molar-refractivity contribution in [2.24, 2.45) is 16.6 Å². The summed E-state index contributed by atoms with van der Waals surface area (Å²) in [6.45, 7) is 24.8. The minimum atomic E-state index is -0.258. The van der Waals surface area contributed by atoms with Crippen LogP contribution in [-0.2, 0) is 6.42 Å². The second-order valence-corrected chi connectivity index (χ2v) is 11.6. The van der Waals surface area contributed by atoms with Crippen LogP contribution < -0.4 is 21.9 Å². The molecule has 1 heterocycles. The van der Waals surface area contributed by atoms with Crippen molar-refractivity contribution in [2.45, 2.75) is 94.5 Å². The topological polar surface area (TPSA) is 76.5 Å². The van der Waals surface area contributed by atoms with Crippen molar-refractivity contribution < 1.29 is 0 Å². The Balaban J connectivity index is 2.94. The number of hydrogen-bond donors (Lipinski definition) is 1. The van der Waals surface area contributed by atoms with E-state index in [1.165, 1.54) is 11.1 Å². The van der Waals surface area contributed by atoms with Gasteiger partial charge in [-0.2, -0.15) is 4.99 Å². The van der Waals surface area contributed by atoms with E-state index in [0.717, 1.165) is 29.0 Å². The zero-order valence-corrected chi connectivity index (χ0v) is 29.4. The van der Waals surface area contributed by atoms with Crippen molar-refractivity contribution in [1.29, 1.82) is 0 Å². The molecule has 0 aliphatic carbocycles. The van der Waals surface area contributed by atoms with Crippen LogP contribution in [-0.4, -0.2) is 27.3 Å². The van der Waals surface area contributed by atoms with Gasteiger partial charge in [0, 0.05) is 30.1 Å². The first-order valence-electron chi connectivity index (χ1n) is 16.0. The molecule has 2 rings (SSSR count). The molecule has 1 aromatic carbocycles. The number of aliphatic imine (C=N–C) groups is 1. The van der Waals surface area contributed by atoms with Gasteiger partial charge in [-0.1, -0.05) is 82.7 Å². The highest BCUT2D eigenvalue weighted by atomic mass is 16.1. The Labute approximate surface area is 271 Å². The van der Waals surface area contributed by atoms with Gasteiger partial charge in [0.15, 0.2) is 0 Å². The Morgan fingerprint density at radius 2 is 1.89 bits per heavy atom. The van der Waals surface area contributed by atoms with E-state index >= 15 is 0 Å². The molecular weight excluding hydrogens is 554 g/mol. The number of aromatic nitrogens is 2. The molecule has 0 amide bonds. The molecule has 0 bridgehead atoms. The van der Waals surface area contributed by atoms with Crippen LogP contribution in [0.1, 0.15) is 104 Å². The maximum absolute atomic E-state index is 14.1. The third kappa shape index (κ3) is 8.63. The summed E-state index contributed by atoms with van der Waals surface area (Å²) in [5.74, 6) is 4.35. The Morgan fingerprint density at radius 1 is 1.20 bits per heavy atom. The number of nitrogens with two attached hydrogens (primary N) is 1. The van der Waals surface area contributed by atoms with Crippen LogP contribution in [0.25, 0.3) is 23.4 Å². The van der Waals surface area contributed by atoms with Gasteiger partial charge >= 0.3 is 0 Å². The average Bonchev–Trinajstić information content (AvgIpc) is 3.01. The Morgan fingerprint density at radius 3 is 2.40 bits per heavy atom. The standard InChI is InChI=1S/C39H53N5O/c1-13-19-20-32(15-3)44-38(42-34(17-5)33(16-4)39(44)45)35(18-6)43(12)29(11)36(37(40)41-23-14-2)28(10)31-22-21-30(24-26(7)8)27(9)25-31/h13,16-17,19-22,25-26,35H,10,15,18,24H2,1-9,11-12H3,(H2,40,41)/b19-13-,32-20+,33-16+,34-17+,36-29+. The summed E-state index contributed by atoms with van der Waals surface area (Å²) in [5, 5.41) is 1.26. The lowest BCUT2D eigenvalue weighted by Gasteiger charge is -2.33. The number of nitrogens with zero attached hydrogens (tertiary/aromatic N) is 4. The number of hydrogen-bond acceptors (Lipinski definition) is 4. The van der Waals surface area contributed by atoms with Crippen LogP contribution in [0.2, 0.25) is 0 Å². The molecule has 45 heavy (non-hydrogen) atoms. The van der Waals surface area contributed by atoms with Gasteiger partial charge in [0.2, 0.25) is 0 Å². The molecule has 0 spiro atoms. The summed E-state index contributed by atoms with van der Waals surface area (Å²) in [6.07, 6.45) is 12.0. The van der Waals surface area contributed by atoms with E-state index in [1.54, 1.807) is 11.5 Å². The van der Waals surface area contributed by atoms with Gasteiger partial charge in [-0.15, -0.1) is 0 Å². The molecule has 240 valence electrons. The molecule has 0 fully saturated rings. The second kappa shape index (κ2) is 17.2. The van der Waals surface area contributed by atoms with E-state index in [4.69, 9.17) is 10.7 Å². The lowest BCUT2D eigenvalue weighted by molar-refractivity contribution is 0.283. The van der Waals surface area contributed by atoms with Crippen LogP contribution in [0.4, 0.5) is 0 Å². The fourth-order valence-corrected chi connectivity index (χ4v) is 5.58. The monoisotopic (exact) mass is 607 g/mol. The summed E-state index contributed by atoms with van der Waals surface area (Å²) in [7, 11) is 2.01. The molecule has 1 aromatic heterocycles. The predicted octanol–water partition coefficient (Wildman–Crippen LogP) is 6.89. The largest absolute Gasteiger partial charge is 0.382 e. The van der Waals surface area contributed by atoms with Crippen LogP contribution in [0.5, 0.6) is 0 Å². The molecule has 0 saturated heterocycles. The predicted molar refractivity (Wildman–Crippen MR) is 195 cm³/mol. The normalized spacial score (nSPS) is 14.5. The summed E-state index contributed by atoms with van der Waals surface area (Å²) < 4.78 is 1.78. The van der Waals surface area contributed by atoms with Crippen LogP contribution >= 0.6 is 0 Å². The number of rotatable bonds is 12. The molecular formula is C39H53N5O. The summed E-state index contributed by atoms with van der Waals surface area (Å²) in [4.78, 5) is 25.7. The molecule has 0 aliphatic rings. The van der Waals surface area contributed by atoms with Crippen LogP contribution in [0.15, 0.2) is 64.1 Å². The van der Waals surface area contributed by atoms with Crippen molar-refractivity contribution in [3.05, 3.63) is 97.7 Å². The van der Waals surface area contributed by atoms with Gasteiger partial charge in [0.05, 0.1) is 16.6 Å². The van der Waals surface area contributed by atoms with Gasteiger partial charge in [0.1, 0.15) is 11.7 Å². The lowest BCUT2D eigenvalue weighted by Crippen LogP contribution is -2.49. The van der Waals surface area contributed by atoms with Crippen molar-refractivity contribution in [1.82, 2.24) is 14.5 Å². The highest BCUT2D eigenvalue weighted by Gasteiger charge is 2.26. The molecule has 2 N–H and O–H groups in total. The van der Waals surface area contributed by atoms with Crippen molar-refractivity contribution in [3.8, 4) is 12.0 Å². The maximum Gasteiger partial charge on any atom is 0.265 e. The molecule has 1 atom stereocenters. The minimum absolute atomic E-state index is 0.0809. The fraction of sp³-hybridized carbons (Fsp3) is 0.410. The van der Waals surface area contributed by atoms with E-state index in [1.807, 2.05) is 65.1 Å². The van der Waals surface area contributed by atoms with E-state index in [2.05, 4.69) is 81.3 Å². The molecule has 2 aromatic rings. The summed E-state index contributed by atoms with van der Waals surface area (Å²) in [5.41, 5.74) is 13.3. The molecule has 1 unspecified atom stereocenters. The number of amidine groups is 1. The first-order chi connectivity index (χ1) is 21.4. The van der Waals surface area contributed by atoms with Gasteiger partial charge in [-0.05, 0) is 95.1 Å². The van der Waals surface area contributed by atoms with Crippen molar-refractivity contribution >= 4 is 29.3 Å². The van der Waals surface area contributed by atoms with Crippen LogP contribution in [0, 0.1) is 24.8 Å². The average molecular weight is 608 g/mol. The quantitative estimate of drug-likeness (QED) is 0.123. The van der Waals surface area contributed by atoms with Gasteiger partial charge in [0.25, 0.3) is 5.56 Å². The smallest absolute Gasteiger partial charge is 0.265 e. The number of allylic oxidation sites excluding steroid dienone is 5. The minimum Gasteiger partial charge on any atom is -0.382 e. The Bertz CT molecular complexity index is 1750. The lowest BCUT2D eigenvalue weighted by atomic mass is 9.91. The third-order valence-corrected chi connectivity index (χ3v) is 8.07. The van der Waals surface area contributed by atoms with Gasteiger partial charge in [-0.3, -0.25) is 9.36 Å². The SMILES string of the molecule is C=C(/C(C(N)=NC#CC)=C(/C)N(C)C(CC)c1nc(=C/C)/c(=C\C)c(=O)n1/C(=C/C=C\C)CC)c1ccc(CC(C)C)c(C)c1. The Hall–Kier alpha value is -4.37. The van der Waals surface area contributed by atoms with E-state index in [9.17, 15) is 4.79 Å². The zero-order chi connectivity index (χ0) is 33.8. The molecule has 6 nitrogen and oxygen atoms in total. The van der Waals surface area contributed by atoms with E-state index in [-0.39, 0.29) is 11.6 Å². The molecule has 0 radical (unpaired) electrons. The third-order valence-electron chi connectivity index (χ3n) is 8.07. The fourth-order valence-electron chi connectivity index (χ4n) is 5.58. The van der Waals surface area contributed by atoms with Gasteiger partial charge in [-0.25, -0.2) is 4.98 Å². The summed E-state index contributed by atoms with van der Waals surface area (Å²) in [6, 6.07) is 8.98. The molecule has 0 saturated carbocycles. The summed E-state index contributed by atoms with van der Waals surface area (Å²) >= 11 is 0. The highest BCUT2D eigenvalue weighted by molar-refractivity contribution is 6.11. The Kier molecular flexibility index (Phi) is 14.1. The van der Waals surface area contributed by atoms with Crippen molar-refractivity contribution in [2.75, 3.05) is 7.05 Å². The number of aryl methyl sites for hydroxylation is 1. The van der Waals surface area contributed by atoms with E-state index in [0.29, 0.717) is 46.6 Å². The first kappa shape index (κ1) is 36.8. The molecule has 0 aliphatic heterocycles. The molecule has 6 heteroatoms. The van der Waals surface area contributed by atoms with Gasteiger partial charge < -0.3 is 10.6 Å². The second-order valence-electron chi connectivity index (χ2n) is 11.6. The van der Waals surface area contributed by atoms with Crippen molar-refractivity contribution in [3.63, 3.8) is 0 Å². The van der Waals surface area contributed by atoms with Crippen LogP contribution in [0.3, 0.4) is 0 Å². The maximum atomic E-state index is 14.1. The number of benzene rings is 1. The highest BCUT2D eigenvalue weighted by Crippen LogP contribution is 2.32. The first-order valence-corrected chi connectivity index (χ1v) is 16.0.